The van der Waals surface area contributed by atoms with Gasteiger partial charge < -0.3 is 5.11 Å². The molecule has 0 aliphatic rings. The van der Waals surface area contributed by atoms with E-state index in [4.69, 9.17) is 5.11 Å². The minimum atomic E-state index is -0.910. The summed E-state index contributed by atoms with van der Waals surface area (Å²) < 4.78 is 0. The number of carbonyl (C=O) groups is 1. The first-order chi connectivity index (χ1) is 7.65. The Bertz CT molecular complexity index is 366. The maximum atomic E-state index is 10.8. The summed E-state index contributed by atoms with van der Waals surface area (Å²) in [6.45, 7) is 3.91. The highest BCUT2D eigenvalue weighted by molar-refractivity contribution is 7.99. The Morgan fingerprint density at radius 2 is 2.19 bits per heavy atom. The van der Waals surface area contributed by atoms with Crippen molar-refractivity contribution in [3.63, 3.8) is 0 Å². The SMILES string of the molecule is CCCCCSc1ccc(C(=O)O)c(C)n1. The van der Waals surface area contributed by atoms with Crippen molar-refractivity contribution in [1.82, 2.24) is 4.98 Å². The fourth-order valence-electron chi connectivity index (χ4n) is 1.37. The zero-order valence-electron chi connectivity index (χ0n) is 9.69. The lowest BCUT2D eigenvalue weighted by molar-refractivity contribution is 0.0695. The van der Waals surface area contributed by atoms with E-state index >= 15 is 0 Å². The number of aryl methyl sites for hydroxylation is 1. The van der Waals surface area contributed by atoms with Gasteiger partial charge in [-0.25, -0.2) is 9.78 Å². The van der Waals surface area contributed by atoms with Crippen molar-refractivity contribution in [3.05, 3.63) is 23.4 Å². The number of carboxylic acids is 1. The number of aromatic nitrogens is 1. The Morgan fingerprint density at radius 3 is 2.75 bits per heavy atom. The predicted molar refractivity (Wildman–Crippen MR) is 66.2 cm³/mol. The van der Waals surface area contributed by atoms with Gasteiger partial charge >= 0.3 is 5.97 Å². The highest BCUT2D eigenvalue weighted by atomic mass is 32.2. The summed E-state index contributed by atoms with van der Waals surface area (Å²) in [6, 6.07) is 3.42. The van der Waals surface area contributed by atoms with Crippen LogP contribution < -0.4 is 0 Å². The normalized spacial score (nSPS) is 10.4. The zero-order chi connectivity index (χ0) is 12.0. The number of pyridine rings is 1. The summed E-state index contributed by atoms with van der Waals surface area (Å²) in [5.74, 6) is 0.139. The Labute approximate surface area is 100 Å². The van der Waals surface area contributed by atoms with E-state index in [1.54, 1.807) is 30.8 Å². The van der Waals surface area contributed by atoms with E-state index in [1.165, 1.54) is 19.3 Å². The number of unbranched alkanes of at least 4 members (excludes halogenated alkanes) is 2. The second kappa shape index (κ2) is 6.53. The van der Waals surface area contributed by atoms with Crippen LogP contribution in [0.4, 0.5) is 0 Å². The van der Waals surface area contributed by atoms with E-state index in [1.807, 2.05) is 0 Å². The molecular weight excluding hydrogens is 222 g/mol. The molecular formula is C12H17NO2S. The molecule has 0 fully saturated rings. The predicted octanol–water partition coefficient (Wildman–Crippen LogP) is 3.37. The van der Waals surface area contributed by atoms with E-state index in [0.29, 0.717) is 5.69 Å². The van der Waals surface area contributed by atoms with Crippen molar-refractivity contribution in [2.45, 2.75) is 38.1 Å². The molecule has 1 aromatic heterocycles. The Morgan fingerprint density at radius 1 is 1.44 bits per heavy atom. The lowest BCUT2D eigenvalue weighted by Crippen LogP contribution is -2.01. The van der Waals surface area contributed by atoms with Gasteiger partial charge in [-0.05, 0) is 31.2 Å². The fraction of sp³-hybridized carbons (Fsp3) is 0.500. The maximum absolute atomic E-state index is 10.8. The Kier molecular flexibility index (Phi) is 5.32. The molecule has 1 N–H and O–H groups in total. The van der Waals surface area contributed by atoms with Crippen molar-refractivity contribution in [3.8, 4) is 0 Å². The summed E-state index contributed by atoms with van der Waals surface area (Å²) in [5.41, 5.74) is 0.880. The lowest BCUT2D eigenvalue weighted by atomic mass is 10.2. The van der Waals surface area contributed by atoms with E-state index in [0.717, 1.165) is 10.8 Å². The number of aromatic carboxylic acids is 1. The first-order valence-corrected chi connectivity index (χ1v) is 6.47. The van der Waals surface area contributed by atoms with Crippen LogP contribution >= 0.6 is 11.8 Å². The van der Waals surface area contributed by atoms with E-state index in [2.05, 4.69) is 11.9 Å². The molecule has 0 radical (unpaired) electrons. The molecule has 0 spiro atoms. The van der Waals surface area contributed by atoms with Crippen LogP contribution in [0.15, 0.2) is 17.2 Å². The fourth-order valence-corrected chi connectivity index (χ4v) is 2.30. The van der Waals surface area contributed by atoms with E-state index < -0.39 is 5.97 Å². The molecule has 16 heavy (non-hydrogen) atoms. The van der Waals surface area contributed by atoms with Gasteiger partial charge in [0.2, 0.25) is 0 Å². The van der Waals surface area contributed by atoms with Gasteiger partial charge in [0.05, 0.1) is 16.3 Å². The van der Waals surface area contributed by atoms with E-state index in [9.17, 15) is 4.79 Å². The minimum absolute atomic E-state index is 0.290. The van der Waals surface area contributed by atoms with Gasteiger partial charge in [0.1, 0.15) is 0 Å². The highest BCUT2D eigenvalue weighted by Gasteiger charge is 2.08. The molecule has 0 aliphatic carbocycles. The van der Waals surface area contributed by atoms with Crippen LogP contribution in [0.25, 0.3) is 0 Å². The summed E-state index contributed by atoms with van der Waals surface area (Å²) in [6.07, 6.45) is 3.63. The zero-order valence-corrected chi connectivity index (χ0v) is 10.5. The standard InChI is InChI=1S/C12H17NO2S/c1-3-4-5-8-16-11-7-6-10(12(14)15)9(2)13-11/h6-7H,3-5,8H2,1-2H3,(H,14,15). The molecule has 4 heteroatoms. The van der Waals surface area contributed by atoms with Crippen LogP contribution in [-0.2, 0) is 0 Å². The third kappa shape index (κ3) is 3.85. The van der Waals surface area contributed by atoms with Gasteiger partial charge in [0.25, 0.3) is 0 Å². The van der Waals surface area contributed by atoms with Gasteiger partial charge in [-0.15, -0.1) is 11.8 Å². The topological polar surface area (TPSA) is 50.2 Å². The number of hydrogen-bond donors (Lipinski definition) is 1. The third-order valence-corrected chi connectivity index (χ3v) is 3.30. The van der Waals surface area contributed by atoms with Crippen LogP contribution in [0, 0.1) is 6.92 Å². The smallest absolute Gasteiger partial charge is 0.337 e. The van der Waals surface area contributed by atoms with Crippen molar-refractivity contribution in [2.75, 3.05) is 5.75 Å². The van der Waals surface area contributed by atoms with Crippen molar-refractivity contribution < 1.29 is 9.90 Å². The Balaban J connectivity index is 2.56. The van der Waals surface area contributed by atoms with Gasteiger partial charge in [-0.1, -0.05) is 19.8 Å². The number of nitrogens with zero attached hydrogens (tertiary/aromatic N) is 1. The van der Waals surface area contributed by atoms with Gasteiger partial charge in [-0.2, -0.15) is 0 Å². The summed E-state index contributed by atoms with van der Waals surface area (Å²) >= 11 is 1.69. The van der Waals surface area contributed by atoms with Gasteiger partial charge in [-0.3, -0.25) is 0 Å². The first kappa shape index (κ1) is 13.0. The van der Waals surface area contributed by atoms with Gasteiger partial charge in [0.15, 0.2) is 0 Å². The average molecular weight is 239 g/mol. The van der Waals surface area contributed by atoms with E-state index in [-0.39, 0.29) is 5.56 Å². The number of carboxylic acid groups (broad SMARTS) is 1. The molecule has 0 amide bonds. The molecule has 1 rings (SSSR count). The van der Waals surface area contributed by atoms with Crippen LogP contribution in [0.1, 0.15) is 42.2 Å². The molecule has 1 aromatic rings. The van der Waals surface area contributed by atoms with Gasteiger partial charge in [0, 0.05) is 0 Å². The molecule has 0 aliphatic heterocycles. The monoisotopic (exact) mass is 239 g/mol. The molecule has 3 nitrogen and oxygen atoms in total. The summed E-state index contributed by atoms with van der Waals surface area (Å²) in [4.78, 5) is 15.1. The molecule has 0 saturated heterocycles. The molecule has 0 atom stereocenters. The third-order valence-electron chi connectivity index (χ3n) is 2.29. The molecule has 1 heterocycles. The Hall–Kier alpha value is -1.03. The van der Waals surface area contributed by atoms with Crippen LogP contribution in [0.5, 0.6) is 0 Å². The molecule has 0 unspecified atom stereocenters. The minimum Gasteiger partial charge on any atom is -0.478 e. The first-order valence-electron chi connectivity index (χ1n) is 5.49. The van der Waals surface area contributed by atoms with Crippen LogP contribution in [0.2, 0.25) is 0 Å². The van der Waals surface area contributed by atoms with Crippen molar-refractivity contribution >= 4 is 17.7 Å². The quantitative estimate of drug-likeness (QED) is 0.611. The number of hydrogen-bond acceptors (Lipinski definition) is 3. The second-order valence-electron chi connectivity index (χ2n) is 3.64. The highest BCUT2D eigenvalue weighted by Crippen LogP contribution is 2.19. The van der Waals surface area contributed by atoms with Crippen molar-refractivity contribution in [2.24, 2.45) is 0 Å². The largest absolute Gasteiger partial charge is 0.478 e. The second-order valence-corrected chi connectivity index (χ2v) is 4.76. The molecule has 88 valence electrons. The maximum Gasteiger partial charge on any atom is 0.337 e. The van der Waals surface area contributed by atoms with Crippen LogP contribution in [-0.4, -0.2) is 21.8 Å². The van der Waals surface area contributed by atoms with Crippen LogP contribution in [0.3, 0.4) is 0 Å². The average Bonchev–Trinajstić information content (AvgIpc) is 2.24. The summed E-state index contributed by atoms with van der Waals surface area (Å²) in [7, 11) is 0. The number of thioether (sulfide) groups is 1. The summed E-state index contributed by atoms with van der Waals surface area (Å²) in [5, 5.41) is 9.77. The van der Waals surface area contributed by atoms with Crippen molar-refractivity contribution in [1.29, 1.82) is 0 Å². The number of rotatable bonds is 6. The molecule has 0 saturated carbocycles. The molecule has 0 aromatic carbocycles. The lowest BCUT2D eigenvalue weighted by Gasteiger charge is -2.04. The molecule has 0 bridgehead atoms.